The van der Waals surface area contributed by atoms with E-state index in [1.54, 1.807) is 12.5 Å². The van der Waals surface area contributed by atoms with Crippen LogP contribution in [0.4, 0.5) is 9.59 Å². The number of amides is 2. The Hall–Kier alpha value is -3.76. The van der Waals surface area contributed by atoms with E-state index in [0.717, 1.165) is 68.2 Å². The van der Waals surface area contributed by atoms with E-state index in [2.05, 4.69) is 33.7 Å². The lowest BCUT2D eigenvalue weighted by Gasteiger charge is -2.43. The van der Waals surface area contributed by atoms with Crippen molar-refractivity contribution in [2.75, 3.05) is 39.8 Å². The summed E-state index contributed by atoms with van der Waals surface area (Å²) >= 11 is 6.69. The molecule has 10 nitrogen and oxygen atoms in total. The van der Waals surface area contributed by atoms with E-state index >= 15 is 0 Å². The fourth-order valence-electron chi connectivity index (χ4n) is 6.57. The largest absolute Gasteiger partial charge is 0.446 e. The number of carbonyl (C=O) groups is 2. The van der Waals surface area contributed by atoms with E-state index in [1.165, 1.54) is 0 Å². The van der Waals surface area contributed by atoms with Gasteiger partial charge in [-0.15, -0.1) is 0 Å². The highest BCUT2D eigenvalue weighted by atomic mass is 35.5. The SMILES string of the molecule is C=C(c1cc(Cl)ccc1C(C(N/C=C\C)C(=C)C)N1CCN(C(=O)OC2CCCC2)CC1)C(/C=C/N=CN(C)CC)NC(=O)OC1(CC)CC1.CC.CC. The second-order valence-corrected chi connectivity index (χ2v) is 14.2. The third-order valence-corrected chi connectivity index (χ3v) is 10.3. The van der Waals surface area contributed by atoms with Crippen molar-refractivity contribution in [3.05, 3.63) is 77.6 Å². The zero-order valence-electron chi connectivity index (χ0n) is 34.6. The summed E-state index contributed by atoms with van der Waals surface area (Å²) in [6, 6.07) is 4.80. The van der Waals surface area contributed by atoms with Gasteiger partial charge in [0.1, 0.15) is 11.7 Å². The van der Waals surface area contributed by atoms with Crippen LogP contribution in [0.15, 0.2) is 66.5 Å². The lowest BCUT2D eigenvalue weighted by atomic mass is 9.85. The van der Waals surface area contributed by atoms with Crippen LogP contribution >= 0.6 is 11.6 Å². The summed E-state index contributed by atoms with van der Waals surface area (Å²) in [5, 5.41) is 7.17. The molecule has 1 aliphatic heterocycles. The molecule has 0 spiro atoms. The van der Waals surface area contributed by atoms with Crippen molar-refractivity contribution in [1.82, 2.24) is 25.3 Å². The minimum atomic E-state index is -0.633. The maximum atomic E-state index is 13.3. The van der Waals surface area contributed by atoms with E-state index in [9.17, 15) is 9.59 Å². The monoisotopic (exact) mass is 769 g/mol. The first-order chi connectivity index (χ1) is 26.0. The highest BCUT2D eigenvalue weighted by Gasteiger charge is 2.45. The second-order valence-electron chi connectivity index (χ2n) is 13.7. The van der Waals surface area contributed by atoms with Gasteiger partial charge in [0.15, 0.2) is 0 Å². The average molecular weight is 770 g/mol. The number of allylic oxidation sites excluding steroid dienone is 1. The second kappa shape index (κ2) is 23.9. The molecule has 3 atom stereocenters. The van der Waals surface area contributed by atoms with E-state index < -0.39 is 17.7 Å². The molecular weight excluding hydrogens is 700 g/mol. The molecule has 3 aliphatic rings. The summed E-state index contributed by atoms with van der Waals surface area (Å²) in [6.45, 7) is 28.1. The normalized spacial score (nSPS) is 18.5. The van der Waals surface area contributed by atoms with Gasteiger partial charge in [0, 0.05) is 51.0 Å². The van der Waals surface area contributed by atoms with Gasteiger partial charge in [-0.3, -0.25) is 4.90 Å². The van der Waals surface area contributed by atoms with Crippen LogP contribution in [0.25, 0.3) is 5.57 Å². The van der Waals surface area contributed by atoms with Gasteiger partial charge < -0.3 is 29.9 Å². The van der Waals surface area contributed by atoms with Crippen molar-refractivity contribution in [2.24, 2.45) is 4.99 Å². The van der Waals surface area contributed by atoms with Crippen molar-refractivity contribution in [2.45, 2.75) is 130 Å². The summed E-state index contributed by atoms with van der Waals surface area (Å²) in [5.41, 5.74) is 2.98. The summed E-state index contributed by atoms with van der Waals surface area (Å²) in [6.07, 6.45) is 15.0. The maximum Gasteiger partial charge on any atom is 0.410 e. The molecule has 3 fully saturated rings. The summed E-state index contributed by atoms with van der Waals surface area (Å²) in [4.78, 5) is 36.9. The van der Waals surface area contributed by atoms with Crippen LogP contribution in [0.2, 0.25) is 5.02 Å². The van der Waals surface area contributed by atoms with Crippen molar-refractivity contribution in [3.63, 3.8) is 0 Å². The van der Waals surface area contributed by atoms with Gasteiger partial charge in [0.05, 0.1) is 24.5 Å². The first-order valence-corrected chi connectivity index (χ1v) is 20.5. The van der Waals surface area contributed by atoms with Gasteiger partial charge in [0.25, 0.3) is 0 Å². The van der Waals surface area contributed by atoms with Crippen molar-refractivity contribution >= 4 is 35.7 Å². The Labute approximate surface area is 331 Å². The standard InChI is InChI=1S/C39H57ClN6O4.2C2H6/c1-8-20-42-35(28(4)5)36(45-22-24-46(25-23-45)38(48)49-31-13-11-12-14-31)32-16-15-30(40)26-33(32)29(6)34(17-21-41-27-44(7)10-3)43-37(47)50-39(9-2)18-19-39;2*1-2/h8,15-17,20-21,26-27,31,34-36,42H,4,6,9-14,18-19,22-25H2,1-3,5,7H3,(H,43,47);2*1-2H3/b20-8-,21-17+,41-27?;;. The van der Waals surface area contributed by atoms with Crippen LogP contribution in [0.5, 0.6) is 0 Å². The number of hydrogen-bond acceptors (Lipinski definition) is 7. The lowest BCUT2D eigenvalue weighted by Crippen LogP contribution is -2.53. The van der Waals surface area contributed by atoms with E-state index in [1.807, 2.05) is 109 Å². The van der Waals surface area contributed by atoms with Crippen LogP contribution in [0.3, 0.4) is 0 Å². The van der Waals surface area contributed by atoms with Crippen LogP contribution in [0.1, 0.15) is 118 Å². The summed E-state index contributed by atoms with van der Waals surface area (Å²) < 4.78 is 11.7. The molecule has 3 unspecified atom stereocenters. The fourth-order valence-corrected chi connectivity index (χ4v) is 6.74. The van der Waals surface area contributed by atoms with Crippen molar-refractivity contribution in [1.29, 1.82) is 0 Å². The molecule has 2 aliphatic carbocycles. The highest BCUT2D eigenvalue weighted by Crippen LogP contribution is 2.43. The van der Waals surface area contributed by atoms with Gasteiger partial charge in [-0.05, 0) is 107 Å². The zero-order valence-corrected chi connectivity index (χ0v) is 35.4. The first-order valence-electron chi connectivity index (χ1n) is 20.1. The zero-order chi connectivity index (χ0) is 40.3. The van der Waals surface area contributed by atoms with Crippen LogP contribution in [-0.4, -0.2) is 96.8 Å². The Balaban J connectivity index is 0.00000244. The molecule has 1 heterocycles. The molecule has 2 amide bonds. The predicted molar refractivity (Wildman–Crippen MR) is 226 cm³/mol. The molecule has 1 aromatic carbocycles. The topological polar surface area (TPSA) is 98.7 Å². The number of nitrogens with one attached hydrogen (secondary N) is 2. The molecule has 11 heteroatoms. The number of carbonyl (C=O) groups excluding carboxylic acids is 2. The Morgan fingerprint density at radius 2 is 1.74 bits per heavy atom. The van der Waals surface area contributed by atoms with Gasteiger partial charge in [0.2, 0.25) is 0 Å². The molecule has 0 bridgehead atoms. The number of aliphatic imine (C=N–C) groups is 1. The number of halogens is 1. The number of ether oxygens (including phenoxy) is 2. The smallest absolute Gasteiger partial charge is 0.410 e. The highest BCUT2D eigenvalue weighted by molar-refractivity contribution is 6.30. The molecule has 2 N–H and O–H groups in total. The molecule has 4 rings (SSSR count). The predicted octanol–water partition coefficient (Wildman–Crippen LogP) is 9.74. The first kappa shape index (κ1) is 46.4. The number of piperazine rings is 1. The van der Waals surface area contributed by atoms with Gasteiger partial charge in [-0.1, -0.05) is 77.1 Å². The molecule has 54 heavy (non-hydrogen) atoms. The Morgan fingerprint density at radius 3 is 2.30 bits per heavy atom. The molecule has 0 aromatic heterocycles. The van der Waals surface area contributed by atoms with Crippen LogP contribution < -0.4 is 10.6 Å². The molecular formula is C43H69ClN6O4. The fraction of sp³-hybridized carbons (Fsp3) is 0.605. The molecule has 1 saturated heterocycles. The molecule has 0 radical (unpaired) electrons. The maximum absolute atomic E-state index is 13.3. The Bertz CT molecular complexity index is 1430. The van der Waals surface area contributed by atoms with Crippen LogP contribution in [0, 0.1) is 0 Å². The van der Waals surface area contributed by atoms with E-state index in [0.29, 0.717) is 36.8 Å². The van der Waals surface area contributed by atoms with Crippen LogP contribution in [-0.2, 0) is 9.47 Å². The minimum Gasteiger partial charge on any atom is -0.446 e. The van der Waals surface area contributed by atoms with E-state index in [-0.39, 0.29) is 24.3 Å². The lowest BCUT2D eigenvalue weighted by molar-refractivity contribution is 0.0377. The summed E-state index contributed by atoms with van der Waals surface area (Å²) in [5.74, 6) is 0. The average Bonchev–Trinajstić information content (AvgIpc) is 3.77. The number of nitrogens with zero attached hydrogens (tertiary/aromatic N) is 4. The molecule has 1 aromatic rings. The molecule has 302 valence electrons. The van der Waals surface area contributed by atoms with Crippen molar-refractivity contribution < 1.29 is 19.1 Å². The number of alkyl carbamates (subject to hydrolysis) is 1. The number of hydrogen-bond donors (Lipinski definition) is 2. The van der Waals surface area contributed by atoms with Gasteiger partial charge in [-0.2, -0.15) is 0 Å². The summed E-state index contributed by atoms with van der Waals surface area (Å²) in [7, 11) is 1.94. The van der Waals surface area contributed by atoms with E-state index in [4.69, 9.17) is 21.1 Å². The third kappa shape index (κ3) is 13.8. The number of rotatable bonds is 16. The van der Waals surface area contributed by atoms with Crippen molar-refractivity contribution in [3.8, 4) is 0 Å². The van der Waals surface area contributed by atoms with Gasteiger partial charge >= 0.3 is 12.2 Å². The Morgan fingerprint density at radius 1 is 1.09 bits per heavy atom. The minimum absolute atomic E-state index is 0.0247. The van der Waals surface area contributed by atoms with Gasteiger partial charge in [-0.25, -0.2) is 14.6 Å². The quantitative estimate of drug-likeness (QED) is 0.0982. The molecule has 2 saturated carbocycles. The number of benzene rings is 1. The third-order valence-electron chi connectivity index (χ3n) is 10.0. The Kier molecular flexibility index (Phi) is 20.5.